The van der Waals surface area contributed by atoms with Gasteiger partial charge in [0.05, 0.1) is 11.0 Å². The van der Waals surface area contributed by atoms with Gasteiger partial charge in [0.2, 0.25) is 0 Å². The molecule has 0 aromatic heterocycles. The fourth-order valence-corrected chi connectivity index (χ4v) is 2.27. The molecule has 1 aromatic carbocycles. The first-order valence-corrected chi connectivity index (χ1v) is 6.23. The van der Waals surface area contributed by atoms with Gasteiger partial charge < -0.3 is 10.5 Å². The summed E-state index contributed by atoms with van der Waals surface area (Å²) in [5.74, 6) is 0.737. The predicted molar refractivity (Wildman–Crippen MR) is 68.7 cm³/mol. The Morgan fingerprint density at radius 2 is 2.00 bits per heavy atom. The van der Waals surface area contributed by atoms with Gasteiger partial charge >= 0.3 is 0 Å². The third-order valence-corrected chi connectivity index (χ3v) is 3.38. The Balaban J connectivity index is 2.03. The zero-order chi connectivity index (χ0) is 13.1. The van der Waals surface area contributed by atoms with E-state index in [0.29, 0.717) is 6.04 Å². The third-order valence-electron chi connectivity index (χ3n) is 3.38. The van der Waals surface area contributed by atoms with E-state index in [2.05, 4.69) is 0 Å². The van der Waals surface area contributed by atoms with E-state index in [0.717, 1.165) is 37.0 Å². The molecule has 0 saturated heterocycles. The lowest BCUT2D eigenvalue weighted by Gasteiger charge is -2.27. The summed E-state index contributed by atoms with van der Waals surface area (Å²) in [5.41, 5.74) is 6.75. The molecule has 1 aliphatic carbocycles. The lowest BCUT2D eigenvalue weighted by Crippen LogP contribution is -2.31. The highest BCUT2D eigenvalue weighted by Gasteiger charge is 2.20. The number of hydrogen-bond donors (Lipinski definition) is 1. The second-order valence-corrected chi connectivity index (χ2v) is 4.86. The molecule has 98 valence electrons. The van der Waals surface area contributed by atoms with Gasteiger partial charge in [0.1, 0.15) is 5.75 Å². The number of rotatable bonds is 3. The first kappa shape index (κ1) is 12.8. The van der Waals surface area contributed by atoms with Crippen molar-refractivity contribution in [2.45, 2.75) is 44.8 Å². The zero-order valence-corrected chi connectivity index (χ0v) is 10.5. The van der Waals surface area contributed by atoms with E-state index in [1.165, 1.54) is 6.07 Å². The minimum atomic E-state index is -0.392. The van der Waals surface area contributed by atoms with Gasteiger partial charge in [-0.15, -0.1) is 0 Å². The zero-order valence-electron chi connectivity index (χ0n) is 10.5. The molecule has 1 aliphatic rings. The first-order valence-electron chi connectivity index (χ1n) is 6.23. The summed E-state index contributed by atoms with van der Waals surface area (Å²) in [6, 6.07) is 5.01. The Bertz CT molecular complexity index is 440. The standard InChI is InChI=1S/C13H18N2O3/c1-9-8-11(15(16)17)4-7-13(9)18-12-5-2-10(14)3-6-12/h4,7-8,10,12H,2-3,5-6,14H2,1H3. The monoisotopic (exact) mass is 250 g/mol. The minimum absolute atomic E-state index is 0.102. The van der Waals surface area contributed by atoms with E-state index in [4.69, 9.17) is 10.5 Å². The summed E-state index contributed by atoms with van der Waals surface area (Å²) in [4.78, 5) is 10.2. The van der Waals surface area contributed by atoms with E-state index < -0.39 is 4.92 Å². The lowest BCUT2D eigenvalue weighted by molar-refractivity contribution is -0.384. The van der Waals surface area contributed by atoms with Gasteiger partial charge in [0, 0.05) is 18.2 Å². The number of benzene rings is 1. The molecular formula is C13H18N2O3. The molecule has 0 atom stereocenters. The number of aryl methyl sites for hydroxylation is 1. The Labute approximate surface area is 106 Å². The Morgan fingerprint density at radius 1 is 1.33 bits per heavy atom. The van der Waals surface area contributed by atoms with Crippen LogP contribution in [0.15, 0.2) is 18.2 Å². The van der Waals surface area contributed by atoms with Crippen LogP contribution >= 0.6 is 0 Å². The van der Waals surface area contributed by atoms with Crippen molar-refractivity contribution < 1.29 is 9.66 Å². The van der Waals surface area contributed by atoms with Gasteiger partial charge in [0.25, 0.3) is 5.69 Å². The van der Waals surface area contributed by atoms with E-state index in [9.17, 15) is 10.1 Å². The van der Waals surface area contributed by atoms with Crippen LogP contribution in [0.5, 0.6) is 5.75 Å². The molecule has 5 heteroatoms. The van der Waals surface area contributed by atoms with Crippen LogP contribution in [-0.4, -0.2) is 17.1 Å². The van der Waals surface area contributed by atoms with Crippen LogP contribution in [0.1, 0.15) is 31.2 Å². The number of non-ortho nitro benzene ring substituents is 1. The lowest BCUT2D eigenvalue weighted by atomic mass is 9.93. The number of nitrogens with zero attached hydrogens (tertiary/aromatic N) is 1. The quantitative estimate of drug-likeness (QED) is 0.660. The molecule has 0 unspecified atom stereocenters. The van der Waals surface area contributed by atoms with Crippen molar-refractivity contribution >= 4 is 5.69 Å². The molecule has 0 aliphatic heterocycles. The van der Waals surface area contributed by atoms with Crippen molar-refractivity contribution in [2.75, 3.05) is 0 Å². The average molecular weight is 250 g/mol. The maximum absolute atomic E-state index is 10.6. The van der Waals surface area contributed by atoms with E-state index >= 15 is 0 Å². The van der Waals surface area contributed by atoms with Crippen LogP contribution in [0.3, 0.4) is 0 Å². The molecular weight excluding hydrogens is 232 g/mol. The molecule has 0 heterocycles. The van der Waals surface area contributed by atoms with Crippen LogP contribution in [0.4, 0.5) is 5.69 Å². The van der Waals surface area contributed by atoms with Crippen molar-refractivity contribution in [3.63, 3.8) is 0 Å². The summed E-state index contributed by atoms with van der Waals surface area (Å²) >= 11 is 0. The molecule has 0 amide bonds. The second-order valence-electron chi connectivity index (χ2n) is 4.86. The van der Waals surface area contributed by atoms with Gasteiger partial charge in [0.15, 0.2) is 0 Å². The molecule has 2 rings (SSSR count). The molecule has 0 spiro atoms. The highest BCUT2D eigenvalue weighted by molar-refractivity contribution is 5.43. The summed E-state index contributed by atoms with van der Waals surface area (Å²) in [6.07, 6.45) is 4.06. The third kappa shape index (κ3) is 2.98. The molecule has 1 saturated carbocycles. The summed E-state index contributed by atoms with van der Waals surface area (Å²) in [6.45, 7) is 1.83. The van der Waals surface area contributed by atoms with E-state index in [1.807, 2.05) is 6.92 Å². The van der Waals surface area contributed by atoms with Crippen molar-refractivity contribution in [1.29, 1.82) is 0 Å². The number of ether oxygens (including phenoxy) is 1. The average Bonchev–Trinajstić information content (AvgIpc) is 2.34. The van der Waals surface area contributed by atoms with E-state index in [-0.39, 0.29) is 11.8 Å². The summed E-state index contributed by atoms with van der Waals surface area (Å²) < 4.78 is 5.89. The predicted octanol–water partition coefficient (Wildman–Crippen LogP) is 2.55. The fraction of sp³-hybridized carbons (Fsp3) is 0.538. The second kappa shape index (κ2) is 5.35. The molecule has 2 N–H and O–H groups in total. The van der Waals surface area contributed by atoms with Crippen LogP contribution in [0, 0.1) is 17.0 Å². The summed E-state index contributed by atoms with van der Waals surface area (Å²) in [7, 11) is 0. The van der Waals surface area contributed by atoms with Crippen LogP contribution < -0.4 is 10.5 Å². The van der Waals surface area contributed by atoms with Gasteiger partial charge in [-0.3, -0.25) is 10.1 Å². The minimum Gasteiger partial charge on any atom is -0.490 e. The highest BCUT2D eigenvalue weighted by atomic mass is 16.6. The van der Waals surface area contributed by atoms with Gasteiger partial charge in [-0.05, 0) is 44.2 Å². The maximum atomic E-state index is 10.6. The van der Waals surface area contributed by atoms with Crippen LogP contribution in [0.2, 0.25) is 0 Å². The number of nitro benzene ring substituents is 1. The van der Waals surface area contributed by atoms with Crippen LogP contribution in [-0.2, 0) is 0 Å². The van der Waals surface area contributed by atoms with Crippen molar-refractivity contribution in [3.05, 3.63) is 33.9 Å². The van der Waals surface area contributed by atoms with Gasteiger partial charge in [-0.1, -0.05) is 0 Å². The summed E-state index contributed by atoms with van der Waals surface area (Å²) in [5, 5.41) is 10.6. The normalized spacial score (nSPS) is 23.7. The fourth-order valence-electron chi connectivity index (χ4n) is 2.27. The molecule has 1 aromatic rings. The molecule has 1 fully saturated rings. The van der Waals surface area contributed by atoms with Crippen LogP contribution in [0.25, 0.3) is 0 Å². The molecule has 0 radical (unpaired) electrons. The van der Waals surface area contributed by atoms with Gasteiger partial charge in [-0.2, -0.15) is 0 Å². The Kier molecular flexibility index (Phi) is 3.81. The molecule has 0 bridgehead atoms. The van der Waals surface area contributed by atoms with Crippen molar-refractivity contribution in [1.82, 2.24) is 0 Å². The number of nitrogens with two attached hydrogens (primary N) is 1. The number of nitro groups is 1. The maximum Gasteiger partial charge on any atom is 0.269 e. The smallest absolute Gasteiger partial charge is 0.269 e. The first-order chi connectivity index (χ1) is 8.56. The molecule has 5 nitrogen and oxygen atoms in total. The largest absolute Gasteiger partial charge is 0.490 e. The van der Waals surface area contributed by atoms with Crippen molar-refractivity contribution in [3.8, 4) is 5.75 Å². The molecule has 18 heavy (non-hydrogen) atoms. The topological polar surface area (TPSA) is 78.4 Å². The number of hydrogen-bond acceptors (Lipinski definition) is 4. The highest BCUT2D eigenvalue weighted by Crippen LogP contribution is 2.27. The van der Waals surface area contributed by atoms with E-state index in [1.54, 1.807) is 12.1 Å². The SMILES string of the molecule is Cc1cc([N+](=O)[O-])ccc1OC1CCC(N)CC1. The Morgan fingerprint density at radius 3 is 2.56 bits per heavy atom. The Hall–Kier alpha value is -1.62. The van der Waals surface area contributed by atoms with Crippen molar-refractivity contribution in [2.24, 2.45) is 5.73 Å². The van der Waals surface area contributed by atoms with Gasteiger partial charge in [-0.25, -0.2) is 0 Å².